The van der Waals surface area contributed by atoms with Gasteiger partial charge < -0.3 is 10.7 Å². The number of hydrogen-bond acceptors (Lipinski definition) is 3. The molecule has 0 atom stereocenters. The van der Waals surface area contributed by atoms with Gasteiger partial charge in [-0.25, -0.2) is 10.9 Å². The normalized spacial score (nSPS) is 10.6. The lowest BCUT2D eigenvalue weighted by Gasteiger charge is -2.08. The number of aromatic amines is 1. The first kappa shape index (κ1) is 13.8. The third-order valence-corrected chi connectivity index (χ3v) is 3.50. The molecule has 0 bridgehead atoms. The van der Waals surface area contributed by atoms with E-state index in [-0.39, 0.29) is 11.4 Å². The molecule has 0 unspecified atom stereocenters. The molecule has 0 aliphatic heterocycles. The molecule has 0 aliphatic rings. The Morgan fingerprint density at radius 2 is 1.82 bits per heavy atom. The van der Waals surface area contributed by atoms with Gasteiger partial charge >= 0.3 is 0 Å². The third kappa shape index (κ3) is 2.21. The van der Waals surface area contributed by atoms with E-state index < -0.39 is 5.91 Å². The number of rotatable bonds is 4. The number of nitrogens with two attached hydrogens (primary N) is 2. The number of primary amides is 1. The second-order valence-corrected chi connectivity index (χ2v) is 4.85. The Kier molecular flexibility index (Phi) is 3.36. The molecule has 1 aromatic heterocycles. The molecule has 5 N–H and O–H groups in total. The largest absolute Gasteiger partial charge is 0.365 e. The van der Waals surface area contributed by atoms with Crippen LogP contribution in [0.2, 0.25) is 0 Å². The lowest BCUT2D eigenvalue weighted by molar-refractivity contribution is -0.107. The Labute approximate surface area is 126 Å². The topological polar surface area (TPSA) is 105 Å². The molecule has 6 nitrogen and oxygen atoms in total. The summed E-state index contributed by atoms with van der Waals surface area (Å²) >= 11 is 0. The van der Waals surface area contributed by atoms with Gasteiger partial charge in [-0.3, -0.25) is 9.59 Å². The molecule has 3 rings (SSSR count). The van der Waals surface area contributed by atoms with Gasteiger partial charge in [0.05, 0.1) is 5.56 Å². The summed E-state index contributed by atoms with van der Waals surface area (Å²) in [5, 5.41) is 1.43. The second-order valence-electron chi connectivity index (χ2n) is 4.85. The van der Waals surface area contributed by atoms with Gasteiger partial charge in [0, 0.05) is 10.9 Å². The lowest BCUT2D eigenvalue weighted by atomic mass is 10.0. The van der Waals surface area contributed by atoms with Crippen molar-refractivity contribution >= 4 is 29.0 Å². The van der Waals surface area contributed by atoms with Gasteiger partial charge in [-0.1, -0.05) is 42.5 Å². The van der Waals surface area contributed by atoms with E-state index in [1.807, 2.05) is 42.5 Å². The molecule has 0 spiro atoms. The maximum atomic E-state index is 11.7. The summed E-state index contributed by atoms with van der Waals surface area (Å²) in [5.74, 6) is 5.11. The molecule has 3 aromatic rings. The summed E-state index contributed by atoms with van der Waals surface area (Å²) in [4.78, 5) is 25.5. The summed E-state index contributed by atoms with van der Waals surface area (Å²) in [6.45, 7) is 0. The van der Waals surface area contributed by atoms with E-state index in [0.29, 0.717) is 17.3 Å². The van der Waals surface area contributed by atoms with Gasteiger partial charge in [0.2, 0.25) is 6.41 Å². The van der Waals surface area contributed by atoms with E-state index in [1.54, 1.807) is 6.07 Å². The molecule has 110 valence electrons. The zero-order valence-electron chi connectivity index (χ0n) is 11.6. The first-order chi connectivity index (χ1) is 10.6. The number of carbonyl (C=O) groups excluding carboxylic acids is 2. The fourth-order valence-corrected chi connectivity index (χ4v) is 2.49. The third-order valence-electron chi connectivity index (χ3n) is 3.50. The van der Waals surface area contributed by atoms with Crippen LogP contribution < -0.4 is 16.6 Å². The Hall–Kier alpha value is -3.12. The van der Waals surface area contributed by atoms with Crippen LogP contribution in [0.15, 0.2) is 48.5 Å². The number of hydrazine groups is 1. The second kappa shape index (κ2) is 5.34. The lowest BCUT2D eigenvalue weighted by Crippen LogP contribution is -2.31. The molecule has 2 amide bonds. The van der Waals surface area contributed by atoms with Crippen molar-refractivity contribution in [1.29, 1.82) is 0 Å². The van der Waals surface area contributed by atoms with Gasteiger partial charge in [0.15, 0.2) is 0 Å². The zero-order chi connectivity index (χ0) is 15.7. The van der Waals surface area contributed by atoms with Crippen molar-refractivity contribution in [2.24, 2.45) is 11.6 Å². The Bertz CT molecular complexity index is 855. The number of hydrogen-bond donors (Lipinski definition) is 3. The number of nitrogens with one attached hydrogen (secondary N) is 1. The fraction of sp³-hybridized carbons (Fsp3) is 0. The molecule has 6 heteroatoms. The Morgan fingerprint density at radius 3 is 2.45 bits per heavy atom. The van der Waals surface area contributed by atoms with E-state index >= 15 is 0 Å². The molecule has 0 fully saturated rings. The van der Waals surface area contributed by atoms with E-state index in [1.165, 1.54) is 0 Å². The minimum Gasteiger partial charge on any atom is -0.365 e. The SMILES string of the molecule is NC(=O)c1c(N(N)C=O)[nH]c2cc(-c3ccccc3)ccc12. The molecule has 1 heterocycles. The quantitative estimate of drug-likeness (QED) is 0.295. The van der Waals surface area contributed by atoms with E-state index in [2.05, 4.69) is 4.98 Å². The minimum absolute atomic E-state index is 0.183. The average Bonchev–Trinajstić information content (AvgIpc) is 2.93. The number of benzene rings is 2. The summed E-state index contributed by atoms with van der Waals surface area (Å²) in [6.07, 6.45) is 0.412. The molecule has 22 heavy (non-hydrogen) atoms. The summed E-state index contributed by atoms with van der Waals surface area (Å²) in [6, 6.07) is 15.4. The number of H-pyrrole nitrogens is 1. The van der Waals surface area contributed by atoms with Gasteiger partial charge in [0.25, 0.3) is 5.91 Å². The molecule has 0 saturated heterocycles. The highest BCUT2D eigenvalue weighted by Crippen LogP contribution is 2.30. The number of amides is 2. The number of fused-ring (bicyclic) bond motifs is 1. The van der Waals surface area contributed by atoms with Crippen LogP contribution in [0.4, 0.5) is 5.82 Å². The number of aromatic nitrogens is 1. The monoisotopic (exact) mass is 294 g/mol. The van der Waals surface area contributed by atoms with Gasteiger partial charge in [-0.15, -0.1) is 0 Å². The van der Waals surface area contributed by atoms with Crippen LogP contribution in [-0.2, 0) is 4.79 Å². The molecule has 0 saturated carbocycles. The number of anilines is 1. The zero-order valence-corrected chi connectivity index (χ0v) is 11.6. The van der Waals surface area contributed by atoms with Crippen LogP contribution in [0.25, 0.3) is 22.0 Å². The summed E-state index contributed by atoms with van der Waals surface area (Å²) < 4.78 is 0. The van der Waals surface area contributed by atoms with Crippen molar-refractivity contribution in [2.75, 3.05) is 5.01 Å². The smallest absolute Gasteiger partial charge is 0.253 e. The Balaban J connectivity index is 2.22. The minimum atomic E-state index is -0.647. The standard InChI is InChI=1S/C16H14N4O2/c17-15(22)14-12-7-6-11(10-4-2-1-3-5-10)8-13(12)19-16(14)20(18)9-21/h1-9,19H,18H2,(H2,17,22). The van der Waals surface area contributed by atoms with Crippen molar-refractivity contribution in [1.82, 2.24) is 4.98 Å². The van der Waals surface area contributed by atoms with Crippen molar-refractivity contribution in [3.05, 3.63) is 54.1 Å². The predicted molar refractivity (Wildman–Crippen MR) is 85.0 cm³/mol. The van der Waals surface area contributed by atoms with Crippen molar-refractivity contribution in [3.8, 4) is 11.1 Å². The number of carbonyl (C=O) groups is 2. The van der Waals surface area contributed by atoms with Crippen LogP contribution in [-0.4, -0.2) is 17.3 Å². The first-order valence-electron chi connectivity index (χ1n) is 6.62. The molecule has 0 aliphatic carbocycles. The maximum Gasteiger partial charge on any atom is 0.253 e. The molecular formula is C16H14N4O2. The summed E-state index contributed by atoms with van der Waals surface area (Å²) in [5.41, 5.74) is 8.31. The van der Waals surface area contributed by atoms with Gasteiger partial charge in [0.1, 0.15) is 5.82 Å². The van der Waals surface area contributed by atoms with Crippen LogP contribution in [0.3, 0.4) is 0 Å². The van der Waals surface area contributed by atoms with Crippen molar-refractivity contribution in [3.63, 3.8) is 0 Å². The van der Waals surface area contributed by atoms with Crippen LogP contribution in [0, 0.1) is 0 Å². The van der Waals surface area contributed by atoms with E-state index in [4.69, 9.17) is 11.6 Å². The van der Waals surface area contributed by atoms with Crippen LogP contribution >= 0.6 is 0 Å². The van der Waals surface area contributed by atoms with E-state index in [9.17, 15) is 9.59 Å². The first-order valence-corrected chi connectivity index (χ1v) is 6.62. The molecule has 0 radical (unpaired) electrons. The molecule has 2 aromatic carbocycles. The number of nitrogens with zero attached hydrogens (tertiary/aromatic N) is 1. The molecular weight excluding hydrogens is 280 g/mol. The average molecular weight is 294 g/mol. The fourth-order valence-electron chi connectivity index (χ4n) is 2.49. The highest BCUT2D eigenvalue weighted by Gasteiger charge is 2.19. The Morgan fingerprint density at radius 1 is 1.09 bits per heavy atom. The van der Waals surface area contributed by atoms with Crippen LogP contribution in [0.5, 0.6) is 0 Å². The van der Waals surface area contributed by atoms with E-state index in [0.717, 1.165) is 16.1 Å². The van der Waals surface area contributed by atoms with Crippen molar-refractivity contribution < 1.29 is 9.59 Å². The highest BCUT2D eigenvalue weighted by atomic mass is 16.1. The predicted octanol–water partition coefficient (Wildman–Crippen LogP) is 1.77. The van der Waals surface area contributed by atoms with Crippen molar-refractivity contribution in [2.45, 2.75) is 0 Å². The van der Waals surface area contributed by atoms with Crippen LogP contribution in [0.1, 0.15) is 10.4 Å². The highest BCUT2D eigenvalue weighted by molar-refractivity contribution is 6.12. The van der Waals surface area contributed by atoms with Gasteiger partial charge in [-0.2, -0.15) is 0 Å². The summed E-state index contributed by atoms with van der Waals surface area (Å²) in [7, 11) is 0. The maximum absolute atomic E-state index is 11.7. The van der Waals surface area contributed by atoms with Gasteiger partial charge in [-0.05, 0) is 17.2 Å².